The summed E-state index contributed by atoms with van der Waals surface area (Å²) in [7, 11) is 0. The number of halogens is 2. The molecule has 3 aliphatic rings. The Morgan fingerprint density at radius 1 is 0.938 bits per heavy atom. The van der Waals surface area contributed by atoms with Gasteiger partial charge in [0.2, 0.25) is 0 Å². The van der Waals surface area contributed by atoms with Crippen molar-refractivity contribution in [2.75, 3.05) is 0 Å². The second kappa shape index (κ2) is 10.5. The van der Waals surface area contributed by atoms with E-state index >= 15 is 0 Å². The van der Waals surface area contributed by atoms with Crippen LogP contribution in [0.4, 0.5) is 8.78 Å². The highest BCUT2D eigenvalue weighted by Gasteiger charge is 2.39. The summed E-state index contributed by atoms with van der Waals surface area (Å²) < 4.78 is 33.9. The normalized spacial score (nSPS) is 32.7. The average molecular weight is 445 g/mol. The maximum Gasteiger partial charge on any atom is 0.314 e. The molecule has 4 atom stereocenters. The highest BCUT2D eigenvalue weighted by molar-refractivity contribution is 5.75. The minimum Gasteiger partial charge on any atom is -0.426 e. The predicted octanol–water partition coefficient (Wildman–Crippen LogP) is 7.65. The molecule has 3 saturated carbocycles. The SMILES string of the molecule is C=CCCc1c(F)cc(OC(=O)C2CCC(C3CCC4CC(C)CCC4C3)CC2)cc1F. The summed E-state index contributed by atoms with van der Waals surface area (Å²) >= 11 is 0. The van der Waals surface area contributed by atoms with Gasteiger partial charge in [-0.1, -0.05) is 19.4 Å². The van der Waals surface area contributed by atoms with Gasteiger partial charge >= 0.3 is 5.97 Å². The predicted molar refractivity (Wildman–Crippen MR) is 123 cm³/mol. The van der Waals surface area contributed by atoms with Crippen LogP contribution < -0.4 is 4.74 Å². The number of benzene rings is 1. The van der Waals surface area contributed by atoms with Crippen LogP contribution in [0.1, 0.15) is 83.1 Å². The highest BCUT2D eigenvalue weighted by atomic mass is 19.1. The van der Waals surface area contributed by atoms with Crippen LogP contribution in [0, 0.1) is 47.1 Å². The summed E-state index contributed by atoms with van der Waals surface area (Å²) in [6.45, 7) is 5.99. The van der Waals surface area contributed by atoms with Gasteiger partial charge in [0.25, 0.3) is 0 Å². The van der Waals surface area contributed by atoms with Crippen LogP contribution in [0.25, 0.3) is 0 Å². The zero-order valence-corrected chi connectivity index (χ0v) is 19.5. The molecule has 4 heteroatoms. The molecule has 0 saturated heterocycles. The molecule has 3 aliphatic carbocycles. The molecule has 32 heavy (non-hydrogen) atoms. The summed E-state index contributed by atoms with van der Waals surface area (Å²) in [6.07, 6.45) is 14.5. The molecular formula is C28H38F2O2. The molecule has 0 spiro atoms. The maximum absolute atomic E-state index is 14.3. The van der Waals surface area contributed by atoms with Gasteiger partial charge in [0.1, 0.15) is 17.4 Å². The van der Waals surface area contributed by atoms with E-state index in [1.54, 1.807) is 6.08 Å². The molecule has 0 heterocycles. The lowest BCUT2D eigenvalue weighted by atomic mass is 9.61. The van der Waals surface area contributed by atoms with Crippen LogP contribution in [0.2, 0.25) is 0 Å². The topological polar surface area (TPSA) is 26.3 Å². The van der Waals surface area contributed by atoms with Gasteiger partial charge in [0.05, 0.1) is 5.92 Å². The lowest BCUT2D eigenvalue weighted by Crippen LogP contribution is -2.35. The quantitative estimate of drug-likeness (QED) is 0.256. The molecule has 0 aliphatic heterocycles. The Labute approximate surface area is 191 Å². The zero-order chi connectivity index (χ0) is 22.7. The number of ether oxygens (including phenoxy) is 1. The van der Waals surface area contributed by atoms with Crippen molar-refractivity contribution in [3.63, 3.8) is 0 Å². The molecule has 4 rings (SSSR count). The van der Waals surface area contributed by atoms with Crippen molar-refractivity contribution in [3.05, 3.63) is 42.0 Å². The van der Waals surface area contributed by atoms with Crippen molar-refractivity contribution in [1.29, 1.82) is 0 Å². The minimum absolute atomic E-state index is 0.0207. The van der Waals surface area contributed by atoms with Crippen LogP contribution in [-0.4, -0.2) is 5.97 Å². The molecule has 0 bridgehead atoms. The number of rotatable bonds is 6. The molecule has 2 nitrogen and oxygen atoms in total. The summed E-state index contributed by atoms with van der Waals surface area (Å²) in [5, 5.41) is 0. The Hall–Kier alpha value is -1.71. The first-order valence-electron chi connectivity index (χ1n) is 12.7. The number of fused-ring (bicyclic) bond motifs is 1. The molecule has 1 aromatic rings. The first kappa shape index (κ1) is 23.4. The van der Waals surface area contributed by atoms with Crippen LogP contribution in [0.3, 0.4) is 0 Å². The van der Waals surface area contributed by atoms with Gasteiger partial charge in [0, 0.05) is 17.7 Å². The van der Waals surface area contributed by atoms with Gasteiger partial charge in [0.15, 0.2) is 0 Å². The summed E-state index contributed by atoms with van der Waals surface area (Å²) in [6, 6.07) is 2.27. The van der Waals surface area contributed by atoms with Gasteiger partial charge < -0.3 is 4.74 Å². The fourth-order valence-corrected chi connectivity index (χ4v) is 6.74. The molecule has 0 amide bonds. The van der Waals surface area contributed by atoms with E-state index in [2.05, 4.69) is 13.5 Å². The van der Waals surface area contributed by atoms with E-state index in [4.69, 9.17) is 4.74 Å². The number of hydrogen-bond donors (Lipinski definition) is 0. The number of allylic oxidation sites excluding steroid dienone is 1. The largest absolute Gasteiger partial charge is 0.426 e. The van der Waals surface area contributed by atoms with E-state index in [0.717, 1.165) is 67.4 Å². The molecule has 3 fully saturated rings. The van der Waals surface area contributed by atoms with Crippen molar-refractivity contribution in [2.24, 2.45) is 35.5 Å². The minimum atomic E-state index is -0.661. The third-order valence-electron chi connectivity index (χ3n) is 8.62. The summed E-state index contributed by atoms with van der Waals surface area (Å²) in [4.78, 5) is 12.7. The lowest BCUT2D eigenvalue weighted by Gasteiger charge is -2.44. The summed E-state index contributed by atoms with van der Waals surface area (Å²) in [5.74, 6) is 2.45. The smallest absolute Gasteiger partial charge is 0.314 e. The van der Waals surface area contributed by atoms with Gasteiger partial charge in [-0.2, -0.15) is 0 Å². The maximum atomic E-state index is 14.3. The molecule has 176 valence electrons. The Balaban J connectivity index is 1.27. The third kappa shape index (κ3) is 5.43. The van der Waals surface area contributed by atoms with Crippen LogP contribution in [0.15, 0.2) is 24.8 Å². The van der Waals surface area contributed by atoms with Crippen molar-refractivity contribution in [2.45, 2.75) is 84.0 Å². The van der Waals surface area contributed by atoms with E-state index in [0.29, 0.717) is 6.42 Å². The monoisotopic (exact) mass is 444 g/mol. The van der Waals surface area contributed by atoms with Gasteiger partial charge in [-0.05, 0) is 100 Å². The molecule has 0 aromatic heterocycles. The van der Waals surface area contributed by atoms with Crippen LogP contribution in [0.5, 0.6) is 5.75 Å². The first-order chi connectivity index (χ1) is 15.4. The number of esters is 1. The van der Waals surface area contributed by atoms with Crippen molar-refractivity contribution < 1.29 is 18.3 Å². The van der Waals surface area contributed by atoms with E-state index in [1.807, 2.05) is 0 Å². The Morgan fingerprint density at radius 2 is 1.50 bits per heavy atom. The number of hydrogen-bond acceptors (Lipinski definition) is 2. The van der Waals surface area contributed by atoms with Gasteiger partial charge in [-0.15, -0.1) is 6.58 Å². The Kier molecular flexibility index (Phi) is 7.68. The highest BCUT2D eigenvalue weighted by Crippen LogP contribution is 2.49. The van der Waals surface area contributed by atoms with Gasteiger partial charge in [-0.25, -0.2) is 8.78 Å². The second-order valence-corrected chi connectivity index (χ2v) is 10.7. The van der Waals surface area contributed by atoms with E-state index in [1.165, 1.54) is 38.5 Å². The molecule has 0 radical (unpaired) electrons. The molecule has 0 N–H and O–H groups in total. The fraction of sp³-hybridized carbons (Fsp3) is 0.679. The van der Waals surface area contributed by atoms with Crippen molar-refractivity contribution >= 4 is 5.97 Å². The van der Waals surface area contributed by atoms with E-state index in [9.17, 15) is 13.6 Å². The Morgan fingerprint density at radius 3 is 2.16 bits per heavy atom. The summed E-state index contributed by atoms with van der Waals surface area (Å²) in [5.41, 5.74) is 0.0207. The molecular weight excluding hydrogens is 406 g/mol. The fourth-order valence-electron chi connectivity index (χ4n) is 6.74. The number of carbonyl (C=O) groups excluding carboxylic acids is 1. The molecule has 4 unspecified atom stereocenters. The zero-order valence-electron chi connectivity index (χ0n) is 19.5. The first-order valence-corrected chi connectivity index (χ1v) is 12.7. The van der Waals surface area contributed by atoms with E-state index < -0.39 is 11.6 Å². The van der Waals surface area contributed by atoms with Gasteiger partial charge in [-0.3, -0.25) is 4.79 Å². The van der Waals surface area contributed by atoms with E-state index in [-0.39, 0.29) is 29.6 Å². The van der Waals surface area contributed by atoms with Crippen molar-refractivity contribution in [1.82, 2.24) is 0 Å². The number of carbonyl (C=O) groups is 1. The second-order valence-electron chi connectivity index (χ2n) is 10.7. The lowest BCUT2D eigenvalue weighted by molar-refractivity contribution is -0.140. The Bertz CT molecular complexity index is 789. The third-order valence-corrected chi connectivity index (χ3v) is 8.62. The average Bonchev–Trinajstić information content (AvgIpc) is 2.78. The standard InChI is InChI=1S/C28H38F2O2/c1-3-4-5-25-26(29)16-24(17-27(25)30)32-28(31)20-10-8-19(9-11-20)22-13-12-21-14-18(2)6-7-23(21)15-22/h3,16-23H,1,4-15H2,2H3. The van der Waals surface area contributed by atoms with Crippen molar-refractivity contribution in [3.8, 4) is 5.75 Å². The van der Waals surface area contributed by atoms with Crippen LogP contribution in [-0.2, 0) is 11.2 Å². The van der Waals surface area contributed by atoms with Crippen LogP contribution >= 0.6 is 0 Å². The molecule has 1 aromatic carbocycles.